The van der Waals surface area contributed by atoms with Crippen molar-refractivity contribution < 1.29 is 4.74 Å². The van der Waals surface area contributed by atoms with Crippen LogP contribution >= 0.6 is 0 Å². The van der Waals surface area contributed by atoms with Crippen molar-refractivity contribution in [2.75, 3.05) is 7.11 Å². The smallest absolute Gasteiger partial charge is 0.118 e. The summed E-state index contributed by atoms with van der Waals surface area (Å²) >= 11 is 0. The first-order chi connectivity index (χ1) is 7.83. The van der Waals surface area contributed by atoms with Crippen molar-refractivity contribution in [1.82, 2.24) is 0 Å². The minimum Gasteiger partial charge on any atom is -0.497 e. The molecule has 1 aromatic carbocycles. The Labute approximate surface area is 96.9 Å². The van der Waals surface area contributed by atoms with Crippen LogP contribution in [-0.2, 0) is 0 Å². The fourth-order valence-electron chi connectivity index (χ4n) is 2.49. The third-order valence-electron chi connectivity index (χ3n) is 3.44. The average Bonchev–Trinajstić information content (AvgIpc) is 2.39. The SMILES string of the molecule is COc1ccc(C2CCCC(C#N)C2)cc1. The van der Waals surface area contributed by atoms with E-state index < -0.39 is 0 Å². The Morgan fingerprint density at radius 2 is 2.00 bits per heavy atom. The second-order valence-electron chi connectivity index (χ2n) is 4.46. The number of ether oxygens (including phenoxy) is 1. The lowest BCUT2D eigenvalue weighted by Crippen LogP contribution is -2.12. The molecular weight excluding hydrogens is 198 g/mol. The molecule has 1 saturated carbocycles. The summed E-state index contributed by atoms with van der Waals surface area (Å²) in [4.78, 5) is 0. The Morgan fingerprint density at radius 3 is 2.62 bits per heavy atom. The quantitative estimate of drug-likeness (QED) is 0.756. The van der Waals surface area contributed by atoms with Gasteiger partial charge in [-0.1, -0.05) is 18.6 Å². The molecule has 1 aromatic rings. The van der Waals surface area contributed by atoms with Gasteiger partial charge in [0.2, 0.25) is 0 Å². The topological polar surface area (TPSA) is 33.0 Å². The predicted molar refractivity (Wildman–Crippen MR) is 63.3 cm³/mol. The van der Waals surface area contributed by atoms with Crippen molar-refractivity contribution in [3.63, 3.8) is 0 Å². The lowest BCUT2D eigenvalue weighted by molar-refractivity contribution is 0.378. The highest BCUT2D eigenvalue weighted by Crippen LogP contribution is 2.36. The summed E-state index contributed by atoms with van der Waals surface area (Å²) in [6, 6.07) is 10.7. The van der Waals surface area contributed by atoms with Gasteiger partial charge in [-0.3, -0.25) is 0 Å². The standard InChI is InChI=1S/C14H17NO/c1-16-14-7-5-12(6-8-14)13-4-2-3-11(9-13)10-15/h5-8,11,13H,2-4,9H2,1H3. The van der Waals surface area contributed by atoms with Crippen molar-refractivity contribution in [2.45, 2.75) is 31.6 Å². The van der Waals surface area contributed by atoms with E-state index in [-0.39, 0.29) is 5.92 Å². The number of rotatable bonds is 2. The van der Waals surface area contributed by atoms with E-state index in [0.29, 0.717) is 5.92 Å². The summed E-state index contributed by atoms with van der Waals surface area (Å²) in [6.45, 7) is 0. The van der Waals surface area contributed by atoms with Crippen LogP contribution in [0, 0.1) is 17.2 Å². The summed E-state index contributed by atoms with van der Waals surface area (Å²) < 4.78 is 5.15. The number of nitrogens with zero attached hydrogens (tertiary/aromatic N) is 1. The average molecular weight is 215 g/mol. The van der Waals surface area contributed by atoms with Crippen LogP contribution in [0.1, 0.15) is 37.2 Å². The number of hydrogen-bond acceptors (Lipinski definition) is 2. The largest absolute Gasteiger partial charge is 0.497 e. The summed E-state index contributed by atoms with van der Waals surface area (Å²) in [7, 11) is 1.68. The third kappa shape index (κ3) is 2.36. The van der Waals surface area contributed by atoms with Crippen LogP contribution in [-0.4, -0.2) is 7.11 Å². The lowest BCUT2D eigenvalue weighted by Gasteiger charge is -2.25. The van der Waals surface area contributed by atoms with Gasteiger partial charge in [-0.2, -0.15) is 5.26 Å². The molecule has 2 atom stereocenters. The number of hydrogen-bond donors (Lipinski definition) is 0. The fourth-order valence-corrected chi connectivity index (χ4v) is 2.49. The first kappa shape index (κ1) is 11.0. The molecule has 16 heavy (non-hydrogen) atoms. The van der Waals surface area contributed by atoms with Crippen LogP contribution < -0.4 is 4.74 Å². The summed E-state index contributed by atoms with van der Waals surface area (Å²) in [6.07, 6.45) is 4.48. The Bertz CT molecular complexity index is 377. The minimum atomic E-state index is 0.251. The molecule has 0 aromatic heterocycles. The van der Waals surface area contributed by atoms with E-state index in [2.05, 4.69) is 18.2 Å². The Hall–Kier alpha value is -1.49. The highest BCUT2D eigenvalue weighted by Gasteiger charge is 2.22. The van der Waals surface area contributed by atoms with Crippen molar-refractivity contribution in [2.24, 2.45) is 5.92 Å². The molecule has 1 aliphatic carbocycles. The number of nitriles is 1. The molecule has 0 heterocycles. The zero-order valence-electron chi connectivity index (χ0n) is 9.65. The third-order valence-corrected chi connectivity index (χ3v) is 3.44. The molecule has 0 aliphatic heterocycles. The summed E-state index contributed by atoms with van der Waals surface area (Å²) in [5.74, 6) is 1.71. The fraction of sp³-hybridized carbons (Fsp3) is 0.500. The van der Waals surface area contributed by atoms with Crippen molar-refractivity contribution >= 4 is 0 Å². The molecule has 1 fully saturated rings. The van der Waals surface area contributed by atoms with Gasteiger partial charge in [0, 0.05) is 5.92 Å². The van der Waals surface area contributed by atoms with Gasteiger partial charge in [0.15, 0.2) is 0 Å². The van der Waals surface area contributed by atoms with E-state index >= 15 is 0 Å². The lowest BCUT2D eigenvalue weighted by atomic mass is 9.78. The van der Waals surface area contributed by atoms with Gasteiger partial charge in [0.05, 0.1) is 13.2 Å². The van der Waals surface area contributed by atoms with Gasteiger partial charge in [-0.25, -0.2) is 0 Å². The monoisotopic (exact) mass is 215 g/mol. The predicted octanol–water partition coefficient (Wildman–Crippen LogP) is 3.49. The molecule has 0 spiro atoms. The molecule has 84 valence electrons. The van der Waals surface area contributed by atoms with E-state index in [4.69, 9.17) is 10.00 Å². The Kier molecular flexibility index (Phi) is 3.46. The normalized spacial score (nSPS) is 24.8. The van der Waals surface area contributed by atoms with Gasteiger partial charge in [-0.05, 0) is 42.9 Å². The van der Waals surface area contributed by atoms with Gasteiger partial charge in [0.1, 0.15) is 5.75 Å². The number of benzene rings is 1. The summed E-state index contributed by atoms with van der Waals surface area (Å²) in [5, 5.41) is 8.97. The van der Waals surface area contributed by atoms with Crippen molar-refractivity contribution in [3.8, 4) is 11.8 Å². The van der Waals surface area contributed by atoms with Crippen LogP contribution in [0.4, 0.5) is 0 Å². The molecule has 0 amide bonds. The van der Waals surface area contributed by atoms with Crippen LogP contribution in [0.25, 0.3) is 0 Å². The van der Waals surface area contributed by atoms with E-state index in [1.807, 2.05) is 12.1 Å². The second kappa shape index (κ2) is 5.03. The Morgan fingerprint density at radius 1 is 1.25 bits per heavy atom. The first-order valence-electron chi connectivity index (χ1n) is 5.87. The van der Waals surface area contributed by atoms with E-state index in [0.717, 1.165) is 18.6 Å². The molecule has 0 N–H and O–H groups in total. The highest BCUT2D eigenvalue weighted by atomic mass is 16.5. The van der Waals surface area contributed by atoms with Gasteiger partial charge >= 0.3 is 0 Å². The van der Waals surface area contributed by atoms with Crippen LogP contribution in [0.5, 0.6) is 5.75 Å². The molecule has 0 saturated heterocycles. The van der Waals surface area contributed by atoms with Gasteiger partial charge in [0.25, 0.3) is 0 Å². The van der Waals surface area contributed by atoms with Crippen LogP contribution in [0.3, 0.4) is 0 Å². The first-order valence-corrected chi connectivity index (χ1v) is 5.87. The maximum absolute atomic E-state index is 8.97. The molecule has 1 aliphatic rings. The summed E-state index contributed by atoms with van der Waals surface area (Å²) in [5.41, 5.74) is 1.35. The van der Waals surface area contributed by atoms with E-state index in [1.165, 1.54) is 18.4 Å². The molecule has 0 radical (unpaired) electrons. The highest BCUT2D eigenvalue weighted by molar-refractivity contribution is 5.29. The minimum absolute atomic E-state index is 0.251. The number of methoxy groups -OCH3 is 1. The Balaban J connectivity index is 2.08. The van der Waals surface area contributed by atoms with Crippen LogP contribution in [0.15, 0.2) is 24.3 Å². The molecule has 2 nitrogen and oxygen atoms in total. The molecular formula is C14H17NO. The molecule has 2 heteroatoms. The van der Waals surface area contributed by atoms with Crippen molar-refractivity contribution in [1.29, 1.82) is 5.26 Å². The van der Waals surface area contributed by atoms with E-state index in [9.17, 15) is 0 Å². The second-order valence-corrected chi connectivity index (χ2v) is 4.46. The zero-order chi connectivity index (χ0) is 11.4. The maximum Gasteiger partial charge on any atom is 0.118 e. The molecule has 2 unspecified atom stereocenters. The molecule has 2 rings (SSSR count). The maximum atomic E-state index is 8.97. The van der Waals surface area contributed by atoms with Gasteiger partial charge in [-0.15, -0.1) is 0 Å². The van der Waals surface area contributed by atoms with Crippen molar-refractivity contribution in [3.05, 3.63) is 29.8 Å². The van der Waals surface area contributed by atoms with Gasteiger partial charge < -0.3 is 4.74 Å². The van der Waals surface area contributed by atoms with Crippen LogP contribution in [0.2, 0.25) is 0 Å². The molecule has 0 bridgehead atoms. The zero-order valence-corrected chi connectivity index (χ0v) is 9.65. The van der Waals surface area contributed by atoms with E-state index in [1.54, 1.807) is 7.11 Å².